The van der Waals surface area contributed by atoms with Gasteiger partial charge in [-0.05, 0) is 18.2 Å². The highest BCUT2D eigenvalue weighted by molar-refractivity contribution is 9.10. The lowest BCUT2D eigenvalue weighted by Crippen LogP contribution is -2.41. The number of hydrogen-bond donors (Lipinski definition) is 1. The van der Waals surface area contributed by atoms with Crippen LogP contribution in [0.2, 0.25) is 0 Å². The first-order valence-electron chi connectivity index (χ1n) is 5.92. The fourth-order valence-corrected chi connectivity index (χ4v) is 4.09. The van der Waals surface area contributed by atoms with Crippen LogP contribution >= 0.6 is 27.7 Å². The lowest BCUT2D eigenvalue weighted by atomic mass is 10.1. The van der Waals surface area contributed by atoms with E-state index in [9.17, 15) is 14.7 Å². The number of carboxylic acid groups (broad SMARTS) is 1. The molecule has 1 aliphatic heterocycles. The van der Waals surface area contributed by atoms with E-state index < -0.39 is 12.0 Å². The standard InChI is InChI=1S/C13H14BrNO4S/c1-7(16)15-10(13(17)18)6-20-12(15)9-5-8(14)3-4-11(9)19-2/h3-5,10,12H,6H2,1-2H3,(H,17,18)/t10-,12-/m1/s1. The first kappa shape index (κ1) is 15.2. The van der Waals surface area contributed by atoms with Crippen LogP contribution in [0.15, 0.2) is 22.7 Å². The quantitative estimate of drug-likeness (QED) is 0.897. The number of carboxylic acids is 1. The molecule has 1 fully saturated rings. The number of rotatable bonds is 3. The smallest absolute Gasteiger partial charge is 0.327 e. The molecule has 108 valence electrons. The third kappa shape index (κ3) is 2.78. The van der Waals surface area contributed by atoms with Gasteiger partial charge in [0.2, 0.25) is 5.91 Å². The first-order chi connectivity index (χ1) is 9.45. The predicted molar refractivity (Wildman–Crippen MR) is 79.8 cm³/mol. The maximum Gasteiger partial charge on any atom is 0.327 e. The van der Waals surface area contributed by atoms with Gasteiger partial charge in [-0.2, -0.15) is 0 Å². The number of benzene rings is 1. The van der Waals surface area contributed by atoms with Crippen LogP contribution in [-0.2, 0) is 9.59 Å². The number of methoxy groups -OCH3 is 1. The van der Waals surface area contributed by atoms with Gasteiger partial charge in [0.15, 0.2) is 0 Å². The van der Waals surface area contributed by atoms with Crippen molar-refractivity contribution < 1.29 is 19.4 Å². The first-order valence-corrected chi connectivity index (χ1v) is 7.76. The lowest BCUT2D eigenvalue weighted by Gasteiger charge is -2.27. The molecule has 1 heterocycles. The molecule has 0 spiro atoms. The van der Waals surface area contributed by atoms with Crippen molar-refractivity contribution >= 4 is 39.6 Å². The molecule has 7 heteroatoms. The Hall–Kier alpha value is -1.21. The Kier molecular flexibility index (Phi) is 4.59. The average molecular weight is 360 g/mol. The van der Waals surface area contributed by atoms with E-state index in [1.54, 1.807) is 13.2 Å². The van der Waals surface area contributed by atoms with Crippen molar-refractivity contribution in [3.8, 4) is 5.75 Å². The van der Waals surface area contributed by atoms with Crippen molar-refractivity contribution in [3.63, 3.8) is 0 Å². The maximum atomic E-state index is 11.8. The summed E-state index contributed by atoms with van der Waals surface area (Å²) in [5, 5.41) is 8.88. The molecule has 1 aromatic carbocycles. The highest BCUT2D eigenvalue weighted by Gasteiger charge is 2.42. The fourth-order valence-electron chi connectivity index (χ4n) is 2.22. The molecule has 0 bridgehead atoms. The van der Waals surface area contributed by atoms with E-state index in [4.69, 9.17) is 4.74 Å². The summed E-state index contributed by atoms with van der Waals surface area (Å²) in [6.45, 7) is 1.39. The van der Waals surface area contributed by atoms with Gasteiger partial charge in [0.25, 0.3) is 0 Å². The zero-order chi connectivity index (χ0) is 14.9. The van der Waals surface area contributed by atoms with Crippen LogP contribution < -0.4 is 4.74 Å². The second-order valence-corrected chi connectivity index (χ2v) is 6.38. The van der Waals surface area contributed by atoms with Crippen LogP contribution in [0.1, 0.15) is 17.9 Å². The van der Waals surface area contributed by atoms with Crippen LogP contribution in [-0.4, -0.2) is 40.8 Å². The van der Waals surface area contributed by atoms with Gasteiger partial charge in [-0.1, -0.05) is 15.9 Å². The topological polar surface area (TPSA) is 66.8 Å². The van der Waals surface area contributed by atoms with Gasteiger partial charge in [-0.3, -0.25) is 4.79 Å². The van der Waals surface area contributed by atoms with Crippen LogP contribution in [0.4, 0.5) is 0 Å². The third-order valence-electron chi connectivity index (χ3n) is 3.11. The number of halogens is 1. The van der Waals surface area contributed by atoms with Crippen molar-refractivity contribution in [3.05, 3.63) is 28.2 Å². The van der Waals surface area contributed by atoms with Gasteiger partial charge in [-0.25, -0.2) is 4.79 Å². The van der Waals surface area contributed by atoms with Gasteiger partial charge < -0.3 is 14.7 Å². The molecule has 1 amide bonds. The molecule has 0 aromatic heterocycles. The molecule has 0 radical (unpaired) electrons. The van der Waals surface area contributed by atoms with Gasteiger partial charge in [0, 0.05) is 22.7 Å². The Morgan fingerprint density at radius 3 is 2.75 bits per heavy atom. The predicted octanol–water partition coefficient (Wildman–Crippen LogP) is 2.50. The zero-order valence-corrected chi connectivity index (χ0v) is 13.4. The Bertz CT molecular complexity index is 551. The Labute approximate surface area is 129 Å². The SMILES string of the molecule is COc1ccc(Br)cc1[C@H]1SC[C@H](C(=O)O)N1C(C)=O. The molecule has 2 rings (SSSR count). The van der Waals surface area contributed by atoms with Crippen LogP contribution in [0.25, 0.3) is 0 Å². The molecule has 5 nitrogen and oxygen atoms in total. The summed E-state index contributed by atoms with van der Waals surface area (Å²) in [6.07, 6.45) is 0. The molecule has 1 aromatic rings. The molecular formula is C13H14BrNO4S. The number of hydrogen-bond acceptors (Lipinski definition) is 4. The Morgan fingerprint density at radius 2 is 2.20 bits per heavy atom. The van der Waals surface area contributed by atoms with Gasteiger partial charge in [0.1, 0.15) is 17.2 Å². The molecule has 20 heavy (non-hydrogen) atoms. The number of carbonyl (C=O) groups is 2. The number of amides is 1. The van der Waals surface area contributed by atoms with Crippen LogP contribution in [0.5, 0.6) is 5.75 Å². The highest BCUT2D eigenvalue weighted by Crippen LogP contribution is 2.45. The van der Waals surface area contributed by atoms with Crippen molar-refractivity contribution in [1.29, 1.82) is 0 Å². The van der Waals surface area contributed by atoms with E-state index in [0.29, 0.717) is 11.5 Å². The monoisotopic (exact) mass is 359 g/mol. The molecule has 0 aliphatic carbocycles. The molecule has 0 saturated carbocycles. The van der Waals surface area contributed by atoms with Crippen molar-refractivity contribution in [2.45, 2.75) is 18.3 Å². The molecule has 0 unspecified atom stereocenters. The number of thioether (sulfide) groups is 1. The van der Waals surface area contributed by atoms with E-state index in [2.05, 4.69) is 15.9 Å². The normalized spacial score (nSPS) is 21.9. The lowest BCUT2D eigenvalue weighted by molar-refractivity contribution is -0.148. The molecule has 2 atom stereocenters. The minimum Gasteiger partial charge on any atom is -0.496 e. The summed E-state index contributed by atoms with van der Waals surface area (Å²) in [5.41, 5.74) is 0.797. The number of aliphatic carboxylic acids is 1. The van der Waals surface area contributed by atoms with Crippen LogP contribution in [0.3, 0.4) is 0 Å². The minimum atomic E-state index is -0.982. The van der Waals surface area contributed by atoms with Crippen molar-refractivity contribution in [2.24, 2.45) is 0 Å². The summed E-state index contributed by atoms with van der Waals surface area (Å²) in [5.74, 6) is -0.225. The van der Waals surface area contributed by atoms with E-state index in [1.165, 1.54) is 23.6 Å². The highest BCUT2D eigenvalue weighted by atomic mass is 79.9. The zero-order valence-electron chi connectivity index (χ0n) is 11.0. The van der Waals surface area contributed by atoms with E-state index in [1.807, 2.05) is 12.1 Å². The van der Waals surface area contributed by atoms with Gasteiger partial charge in [0.05, 0.1) is 7.11 Å². The van der Waals surface area contributed by atoms with Crippen molar-refractivity contribution in [1.82, 2.24) is 4.90 Å². The molecular weight excluding hydrogens is 346 g/mol. The molecule has 1 N–H and O–H groups in total. The summed E-state index contributed by atoms with van der Waals surface area (Å²) in [7, 11) is 1.55. The fraction of sp³-hybridized carbons (Fsp3) is 0.385. The largest absolute Gasteiger partial charge is 0.496 e. The maximum absolute atomic E-state index is 11.8. The summed E-state index contributed by atoms with van der Waals surface area (Å²) < 4.78 is 6.17. The van der Waals surface area contributed by atoms with Crippen molar-refractivity contribution in [2.75, 3.05) is 12.9 Å². The van der Waals surface area contributed by atoms with E-state index in [0.717, 1.165) is 10.0 Å². The second-order valence-electron chi connectivity index (χ2n) is 4.35. The number of carbonyl (C=O) groups excluding carboxylic acids is 1. The second kappa shape index (κ2) is 6.05. The van der Waals surface area contributed by atoms with Gasteiger partial charge >= 0.3 is 5.97 Å². The van der Waals surface area contributed by atoms with E-state index >= 15 is 0 Å². The number of nitrogens with zero attached hydrogens (tertiary/aromatic N) is 1. The molecule has 1 saturated heterocycles. The Balaban J connectivity index is 2.44. The summed E-state index contributed by atoms with van der Waals surface area (Å²) in [4.78, 5) is 24.5. The number of ether oxygens (including phenoxy) is 1. The van der Waals surface area contributed by atoms with E-state index in [-0.39, 0.29) is 11.3 Å². The minimum absolute atomic E-state index is 0.255. The average Bonchev–Trinajstić information content (AvgIpc) is 2.83. The molecule has 1 aliphatic rings. The Morgan fingerprint density at radius 1 is 1.50 bits per heavy atom. The summed E-state index contributed by atoms with van der Waals surface area (Å²) >= 11 is 4.82. The summed E-state index contributed by atoms with van der Waals surface area (Å²) in [6, 6.07) is 4.70. The third-order valence-corrected chi connectivity index (χ3v) is 4.91. The van der Waals surface area contributed by atoms with Crippen LogP contribution in [0, 0.1) is 0 Å². The van der Waals surface area contributed by atoms with Gasteiger partial charge in [-0.15, -0.1) is 11.8 Å².